The molecule has 0 N–H and O–H groups in total. The highest BCUT2D eigenvalue weighted by molar-refractivity contribution is 6.92. The van der Waals surface area contributed by atoms with Gasteiger partial charge in [0.15, 0.2) is 0 Å². The summed E-state index contributed by atoms with van der Waals surface area (Å²) < 4.78 is 0. The third-order valence-corrected chi connectivity index (χ3v) is 66.9. The fourth-order valence-corrected chi connectivity index (χ4v) is 54.6. The van der Waals surface area contributed by atoms with Crippen LogP contribution in [-0.2, 0) is 0 Å². The molecule has 0 saturated carbocycles. The molecule has 0 unspecified atom stereocenters. The molecule has 0 bridgehead atoms. The Labute approximate surface area is 561 Å². The molecule has 1 aromatic carbocycles. The monoisotopic (exact) mass is 1360 g/mol. The first kappa shape index (κ1) is 84.3. The molecular weight excluding hydrogens is 1220 g/mol. The third kappa shape index (κ3) is 33.4. The lowest BCUT2D eigenvalue weighted by molar-refractivity contribution is 0.866. The van der Waals surface area contributed by atoms with Crippen LogP contribution in [0.3, 0.4) is 0 Å². The van der Waals surface area contributed by atoms with Crippen molar-refractivity contribution in [3.63, 3.8) is 0 Å². The normalized spacial score (nSPS) is 13.1. The summed E-state index contributed by atoms with van der Waals surface area (Å²) in [6, 6.07) is 53.5. The lowest BCUT2D eigenvalue weighted by atomic mass is 10.4. The maximum Gasteiger partial charge on any atom is 0.0866 e. The first-order chi connectivity index (χ1) is 41.7. The van der Waals surface area contributed by atoms with Crippen molar-refractivity contribution in [2.75, 3.05) is 0 Å². The van der Waals surface area contributed by atoms with E-state index in [-0.39, 0.29) is 0 Å². The molecule has 0 fully saturated rings. The molecule has 10 heteroatoms. The zero-order valence-corrected chi connectivity index (χ0v) is 70.4. The van der Waals surface area contributed by atoms with Crippen molar-refractivity contribution in [3.05, 3.63) is 182 Å². The minimum atomic E-state index is -1.99. The number of allylic oxidation sites excluding steroid dienone is 12. The predicted octanol–water partition coefficient (Wildman–Crippen LogP) is 27.8. The smallest absolute Gasteiger partial charge is 0.0866 e. The molecule has 0 radical (unpaired) electrons. The van der Waals surface area contributed by atoms with Gasteiger partial charge in [-0.05, 0) is 72.5 Å². The average molecular weight is 1360 g/mol. The lowest BCUT2D eigenvalue weighted by Crippen LogP contribution is -2.48. The van der Waals surface area contributed by atoms with Gasteiger partial charge in [0, 0.05) is 0 Å². The predicted molar refractivity (Wildman–Crippen MR) is 445 cm³/mol. The van der Waals surface area contributed by atoms with Gasteiger partial charge >= 0.3 is 0 Å². The Morgan fingerprint density at radius 3 is 0.489 bits per heavy atom. The Balaban J connectivity index is 4.12. The molecule has 1 rings (SSSR count). The first-order valence-electron chi connectivity index (χ1n) is 36.1. The van der Waals surface area contributed by atoms with E-state index < -0.39 is 80.7 Å². The summed E-state index contributed by atoms with van der Waals surface area (Å²) in [7, 11) is -15.4. The van der Waals surface area contributed by atoms with Gasteiger partial charge < -0.3 is 0 Å². The summed E-state index contributed by atoms with van der Waals surface area (Å²) >= 11 is 0. The second kappa shape index (κ2) is 44.0. The van der Waals surface area contributed by atoms with Crippen molar-refractivity contribution in [2.45, 2.75) is 298 Å². The summed E-state index contributed by atoms with van der Waals surface area (Å²) in [6.07, 6.45) is 39.6. The van der Waals surface area contributed by atoms with Crippen molar-refractivity contribution in [1.29, 1.82) is 0 Å². The molecule has 88 heavy (non-hydrogen) atoms. The molecule has 0 saturated heterocycles. The summed E-state index contributed by atoms with van der Waals surface area (Å²) in [6.45, 7) is 75.6. The van der Waals surface area contributed by atoms with Crippen LogP contribution >= 0.6 is 0 Å². The van der Waals surface area contributed by atoms with Gasteiger partial charge in [-0.1, -0.05) is 334 Å². The van der Waals surface area contributed by atoms with Crippen LogP contribution in [0.5, 0.6) is 0 Å². The number of rotatable bonds is 61. The first-order valence-corrected chi connectivity index (χ1v) is 66.8. The molecule has 0 atom stereocenters. The summed E-state index contributed by atoms with van der Waals surface area (Å²) in [5, 5.41) is 1.80. The van der Waals surface area contributed by atoms with E-state index in [0.29, 0.717) is 0 Å². The molecule has 0 amide bonds. The summed E-state index contributed by atoms with van der Waals surface area (Å²) in [5.41, 5.74) is 0. The maximum atomic E-state index is 4.26. The van der Waals surface area contributed by atoms with Crippen LogP contribution < -0.4 is 5.19 Å². The Hall–Kier alpha value is -1.73. The molecule has 0 spiro atoms. The average Bonchev–Trinajstić information content (AvgIpc) is 2.38. The van der Waals surface area contributed by atoms with Crippen LogP contribution in [0.4, 0.5) is 0 Å². The van der Waals surface area contributed by atoms with Crippen LogP contribution in [0.1, 0.15) is 57.8 Å². The second-order valence-electron chi connectivity index (χ2n) is 32.5. The zero-order valence-electron chi connectivity index (χ0n) is 60.4. The molecule has 0 nitrogen and oxygen atoms in total. The van der Waals surface area contributed by atoms with E-state index in [1.54, 1.807) is 5.19 Å². The standard InChI is InChI=1S/C78H146Si10/c1-22-48-79(13,49-23-2)60-37-66-85(19,67-38-61-80(14,50-24-3)51-25-4)72-43-75-88(78-46-35-34-36-47-78,76-44-73-86(20,68-39-62-81(15,52-26-5)53-27-6)69-40-63-82(16,54-28-7)55-29-8)77-45-74-87(21,70-41-64-83(17,56-30-9)57-31-10)71-42-65-84(18,58-32-11)59-33-12/h22-36,46-47H,1-12,37-45,48-77H2,13-21H3. The van der Waals surface area contributed by atoms with Gasteiger partial charge in [0.05, 0.1) is 80.7 Å². The van der Waals surface area contributed by atoms with Crippen molar-refractivity contribution in [1.82, 2.24) is 0 Å². The van der Waals surface area contributed by atoms with E-state index in [4.69, 9.17) is 0 Å². The SMILES string of the molecule is C=CC[Si](C)(CC=C)CCC[Si](C)(CCC[Si](C)(CC=C)CC=C)CCC[Si](CCC[Si](C)(CCC[Si](C)(CC=C)CC=C)CCC[Si](C)(CC=C)CC=C)(CCC[Si](C)(CCC[Si](C)(CC=C)CC=C)CCC[Si](C)(CC=C)CC=C)c1ccccc1. The van der Waals surface area contributed by atoms with Crippen LogP contribution in [0, 0.1) is 0 Å². The minimum absolute atomic E-state index is 1.22. The number of hydrogen-bond acceptors (Lipinski definition) is 0. The van der Waals surface area contributed by atoms with Crippen LogP contribution in [0.15, 0.2) is 182 Å². The maximum absolute atomic E-state index is 4.26. The van der Waals surface area contributed by atoms with Crippen molar-refractivity contribution in [2.24, 2.45) is 0 Å². The Bertz CT molecular complexity index is 1830. The molecule has 1 aromatic rings. The third-order valence-electron chi connectivity index (χ3n) is 22.7. The van der Waals surface area contributed by atoms with Crippen molar-refractivity contribution in [3.8, 4) is 0 Å². The van der Waals surface area contributed by atoms with Gasteiger partial charge in [-0.2, -0.15) is 0 Å². The van der Waals surface area contributed by atoms with Gasteiger partial charge in [0.25, 0.3) is 0 Å². The highest BCUT2D eigenvalue weighted by Gasteiger charge is 2.40. The van der Waals surface area contributed by atoms with Gasteiger partial charge in [0.1, 0.15) is 0 Å². The highest BCUT2D eigenvalue weighted by atomic mass is 28.3. The number of hydrogen-bond donors (Lipinski definition) is 0. The molecule has 0 aliphatic heterocycles. The molecule has 0 aliphatic carbocycles. The van der Waals surface area contributed by atoms with E-state index >= 15 is 0 Å². The van der Waals surface area contributed by atoms with E-state index in [1.807, 2.05) is 0 Å². The van der Waals surface area contributed by atoms with E-state index in [9.17, 15) is 0 Å². The van der Waals surface area contributed by atoms with Crippen molar-refractivity contribution >= 4 is 85.9 Å². The van der Waals surface area contributed by atoms with Gasteiger partial charge in [-0.15, -0.1) is 78.9 Å². The topological polar surface area (TPSA) is 0 Å². The fraction of sp³-hybridized carbons (Fsp3) is 0.615. The van der Waals surface area contributed by atoms with Crippen LogP contribution in [-0.4, -0.2) is 80.7 Å². The quantitative estimate of drug-likeness (QED) is 0.0450. The van der Waals surface area contributed by atoms with Crippen LogP contribution in [0.25, 0.3) is 0 Å². The molecular formula is C78H146Si10. The largest absolute Gasteiger partial charge is 0.103 e. The molecule has 0 heterocycles. The highest BCUT2D eigenvalue weighted by Crippen LogP contribution is 2.42. The number of benzene rings is 1. The Morgan fingerprint density at radius 1 is 0.205 bits per heavy atom. The summed E-state index contributed by atoms with van der Waals surface area (Å²) in [5.74, 6) is 0. The zero-order chi connectivity index (χ0) is 66.2. The summed E-state index contributed by atoms with van der Waals surface area (Å²) in [4.78, 5) is 0. The van der Waals surface area contributed by atoms with E-state index in [0.717, 1.165) is 0 Å². The Kier molecular flexibility index (Phi) is 42.2. The van der Waals surface area contributed by atoms with Crippen molar-refractivity contribution < 1.29 is 0 Å². The Morgan fingerprint density at radius 2 is 0.341 bits per heavy atom. The minimum Gasteiger partial charge on any atom is -0.103 e. The second-order valence-corrected chi connectivity index (χ2v) is 82.2. The fourth-order valence-electron chi connectivity index (χ4n) is 16.8. The van der Waals surface area contributed by atoms with E-state index in [2.05, 4.69) is 241 Å². The molecule has 0 aliphatic rings. The van der Waals surface area contributed by atoms with Crippen LogP contribution in [0.2, 0.25) is 240 Å². The van der Waals surface area contributed by atoms with E-state index in [1.165, 1.54) is 239 Å². The van der Waals surface area contributed by atoms with Gasteiger partial charge in [-0.25, -0.2) is 0 Å². The van der Waals surface area contributed by atoms with Gasteiger partial charge in [-0.3, -0.25) is 0 Å². The lowest BCUT2D eigenvalue weighted by Gasteiger charge is -2.38. The van der Waals surface area contributed by atoms with Gasteiger partial charge in [0.2, 0.25) is 0 Å². The molecule has 0 aromatic heterocycles. The molecule has 498 valence electrons.